The van der Waals surface area contributed by atoms with E-state index in [0.29, 0.717) is 32.0 Å². The second kappa shape index (κ2) is 7.41. The molecule has 0 amide bonds. The third-order valence-electron chi connectivity index (χ3n) is 4.20. The maximum atomic E-state index is 13.7. The quantitative estimate of drug-likeness (QED) is 0.886. The summed E-state index contributed by atoms with van der Waals surface area (Å²) >= 11 is 0. The van der Waals surface area contributed by atoms with Crippen molar-refractivity contribution in [1.29, 1.82) is 0 Å². The molecule has 0 aromatic heterocycles. The molecular weight excluding hydrogens is 343 g/mol. The largest absolute Gasteiger partial charge is 0.378 e. The predicted molar refractivity (Wildman–Crippen MR) is 96.1 cm³/mol. The summed E-state index contributed by atoms with van der Waals surface area (Å²) in [5, 5.41) is 0. The molecule has 2 aromatic carbocycles. The molecule has 0 bridgehead atoms. The fourth-order valence-corrected chi connectivity index (χ4v) is 3.84. The van der Waals surface area contributed by atoms with Gasteiger partial charge in [0.15, 0.2) is 0 Å². The number of halogens is 1. The summed E-state index contributed by atoms with van der Waals surface area (Å²) in [6, 6.07) is 10.8. The van der Waals surface area contributed by atoms with Crippen molar-refractivity contribution in [2.45, 2.75) is 18.2 Å². The number of hydrogen-bond acceptors (Lipinski definition) is 4. The van der Waals surface area contributed by atoms with Gasteiger partial charge in [-0.2, -0.15) is 0 Å². The van der Waals surface area contributed by atoms with Crippen LogP contribution < -0.4 is 9.62 Å². The average Bonchev–Trinajstić information content (AvgIpc) is 2.62. The number of ether oxygens (including phenoxy) is 1. The fourth-order valence-electron chi connectivity index (χ4n) is 2.78. The lowest BCUT2D eigenvalue weighted by molar-refractivity contribution is 0.123. The van der Waals surface area contributed by atoms with E-state index in [1.807, 2.05) is 11.8 Å². The zero-order valence-electron chi connectivity index (χ0n) is 14.0. The highest BCUT2D eigenvalue weighted by atomic mass is 32.2. The minimum absolute atomic E-state index is 0.155. The Morgan fingerprint density at radius 1 is 1.12 bits per heavy atom. The molecule has 1 saturated heterocycles. The second-order valence-corrected chi connectivity index (χ2v) is 7.55. The van der Waals surface area contributed by atoms with Gasteiger partial charge < -0.3 is 9.64 Å². The molecule has 0 atom stereocenters. The van der Waals surface area contributed by atoms with Crippen molar-refractivity contribution in [3.63, 3.8) is 0 Å². The van der Waals surface area contributed by atoms with Gasteiger partial charge in [0.1, 0.15) is 5.82 Å². The van der Waals surface area contributed by atoms with Crippen LogP contribution in [-0.4, -0.2) is 34.7 Å². The zero-order chi connectivity index (χ0) is 17.9. The lowest BCUT2D eigenvalue weighted by Gasteiger charge is -2.30. The Hall–Kier alpha value is -2.12. The van der Waals surface area contributed by atoms with Crippen molar-refractivity contribution in [1.82, 2.24) is 0 Å². The highest BCUT2D eigenvalue weighted by Crippen LogP contribution is 2.29. The van der Waals surface area contributed by atoms with Gasteiger partial charge in [-0.05, 0) is 36.2 Å². The lowest BCUT2D eigenvalue weighted by atomic mass is 10.2. The van der Waals surface area contributed by atoms with E-state index >= 15 is 0 Å². The van der Waals surface area contributed by atoms with Crippen molar-refractivity contribution < 1.29 is 17.5 Å². The van der Waals surface area contributed by atoms with Crippen molar-refractivity contribution >= 4 is 21.4 Å². The first kappa shape index (κ1) is 17.7. The molecule has 3 rings (SSSR count). The van der Waals surface area contributed by atoms with Gasteiger partial charge in [-0.15, -0.1) is 0 Å². The van der Waals surface area contributed by atoms with E-state index in [1.165, 1.54) is 12.1 Å². The number of sulfonamides is 1. The summed E-state index contributed by atoms with van der Waals surface area (Å²) < 4.78 is 46.9. The van der Waals surface area contributed by atoms with Crippen LogP contribution >= 0.6 is 0 Å². The van der Waals surface area contributed by atoms with Crippen molar-refractivity contribution in [3.8, 4) is 0 Å². The Labute approximate surface area is 147 Å². The van der Waals surface area contributed by atoms with Crippen molar-refractivity contribution in [2.24, 2.45) is 0 Å². The van der Waals surface area contributed by atoms with Crippen molar-refractivity contribution in [3.05, 3.63) is 53.8 Å². The van der Waals surface area contributed by atoms with Gasteiger partial charge >= 0.3 is 0 Å². The number of hydrogen-bond donors (Lipinski definition) is 1. The van der Waals surface area contributed by atoms with Crippen LogP contribution in [0.5, 0.6) is 0 Å². The van der Waals surface area contributed by atoms with E-state index in [9.17, 15) is 12.8 Å². The second-order valence-electron chi connectivity index (χ2n) is 5.86. The smallest absolute Gasteiger partial charge is 0.261 e. The van der Waals surface area contributed by atoms with Crippen LogP contribution in [0, 0.1) is 5.82 Å². The Morgan fingerprint density at radius 3 is 2.44 bits per heavy atom. The maximum absolute atomic E-state index is 13.7. The van der Waals surface area contributed by atoms with Crippen molar-refractivity contribution in [2.75, 3.05) is 35.9 Å². The molecule has 7 heteroatoms. The minimum Gasteiger partial charge on any atom is -0.378 e. The maximum Gasteiger partial charge on any atom is 0.261 e. The number of nitrogens with one attached hydrogen (secondary N) is 1. The first-order valence-electron chi connectivity index (χ1n) is 8.23. The van der Waals surface area contributed by atoms with Gasteiger partial charge in [0.05, 0.1) is 29.5 Å². The van der Waals surface area contributed by atoms with Crippen LogP contribution in [0.4, 0.5) is 15.8 Å². The zero-order valence-corrected chi connectivity index (χ0v) is 14.9. The number of benzene rings is 2. The van der Waals surface area contributed by atoms with Crippen LogP contribution in [0.15, 0.2) is 47.4 Å². The normalized spacial score (nSPS) is 15.2. The molecule has 134 valence electrons. The summed E-state index contributed by atoms with van der Waals surface area (Å²) in [6.45, 7) is 4.38. The first-order valence-corrected chi connectivity index (χ1v) is 9.72. The topological polar surface area (TPSA) is 58.6 Å². The third kappa shape index (κ3) is 4.11. The van der Waals surface area contributed by atoms with Crippen LogP contribution in [0.25, 0.3) is 0 Å². The first-order chi connectivity index (χ1) is 12.0. The SMILES string of the molecule is CCc1ccc(S(=O)(=O)Nc2cc(F)ccc2N2CCOCC2)cc1. The molecule has 1 fully saturated rings. The van der Waals surface area contributed by atoms with Gasteiger partial charge in [-0.3, -0.25) is 4.72 Å². The Balaban J connectivity index is 1.91. The van der Waals surface area contributed by atoms with Crippen LogP contribution in [0.2, 0.25) is 0 Å². The third-order valence-corrected chi connectivity index (χ3v) is 5.58. The molecule has 25 heavy (non-hydrogen) atoms. The van der Waals surface area contributed by atoms with E-state index in [1.54, 1.807) is 30.3 Å². The van der Waals surface area contributed by atoms with Gasteiger partial charge in [-0.25, -0.2) is 12.8 Å². The van der Waals surface area contributed by atoms with Gasteiger partial charge in [0.2, 0.25) is 0 Å². The molecule has 5 nitrogen and oxygen atoms in total. The van der Waals surface area contributed by atoms with E-state index in [2.05, 4.69) is 4.72 Å². The number of anilines is 2. The summed E-state index contributed by atoms with van der Waals surface area (Å²) in [5.41, 5.74) is 1.94. The van der Waals surface area contributed by atoms with Crippen LogP contribution in [-0.2, 0) is 21.2 Å². The molecule has 0 radical (unpaired) electrons. The number of morpholine rings is 1. The number of nitrogens with zero attached hydrogens (tertiary/aromatic N) is 1. The molecular formula is C18H21FN2O3S. The molecule has 2 aromatic rings. The number of aryl methyl sites for hydroxylation is 1. The predicted octanol–water partition coefficient (Wildman–Crippen LogP) is 3.03. The molecule has 1 N–H and O–H groups in total. The molecule has 0 spiro atoms. The van der Waals surface area contributed by atoms with E-state index in [0.717, 1.165) is 12.0 Å². The summed E-state index contributed by atoms with van der Waals surface area (Å²) in [6.07, 6.45) is 0.832. The molecule has 0 unspecified atom stereocenters. The van der Waals surface area contributed by atoms with Gasteiger partial charge in [-0.1, -0.05) is 19.1 Å². The van der Waals surface area contributed by atoms with Gasteiger partial charge in [0.25, 0.3) is 10.0 Å². The molecule has 0 aliphatic carbocycles. The van der Waals surface area contributed by atoms with E-state index < -0.39 is 15.8 Å². The lowest BCUT2D eigenvalue weighted by Crippen LogP contribution is -2.36. The van der Waals surface area contributed by atoms with E-state index in [-0.39, 0.29) is 10.6 Å². The van der Waals surface area contributed by atoms with Gasteiger partial charge in [0, 0.05) is 19.2 Å². The summed E-state index contributed by atoms with van der Waals surface area (Å²) in [4.78, 5) is 2.14. The molecule has 1 aliphatic heterocycles. The Morgan fingerprint density at radius 2 is 1.80 bits per heavy atom. The highest BCUT2D eigenvalue weighted by molar-refractivity contribution is 7.92. The average molecular weight is 364 g/mol. The highest BCUT2D eigenvalue weighted by Gasteiger charge is 2.20. The monoisotopic (exact) mass is 364 g/mol. The number of rotatable bonds is 5. The standard InChI is InChI=1S/C18H21FN2O3S/c1-2-14-3-6-16(7-4-14)25(22,23)20-17-13-15(19)5-8-18(17)21-9-11-24-12-10-21/h3-8,13,20H,2,9-12H2,1H3. The van der Waals surface area contributed by atoms with Crippen LogP contribution in [0.1, 0.15) is 12.5 Å². The van der Waals surface area contributed by atoms with Crippen LogP contribution in [0.3, 0.4) is 0 Å². The minimum atomic E-state index is -3.79. The summed E-state index contributed by atoms with van der Waals surface area (Å²) in [7, 11) is -3.79. The molecule has 1 aliphatic rings. The Bertz CT molecular complexity index is 832. The van der Waals surface area contributed by atoms with E-state index in [4.69, 9.17) is 4.74 Å². The fraction of sp³-hybridized carbons (Fsp3) is 0.333. The molecule has 1 heterocycles. The Kier molecular flexibility index (Phi) is 5.24. The summed E-state index contributed by atoms with van der Waals surface area (Å²) in [5.74, 6) is -0.490. The molecule has 0 saturated carbocycles.